The van der Waals surface area contributed by atoms with E-state index in [-0.39, 0.29) is 0 Å². The quantitative estimate of drug-likeness (QED) is 0.673. The van der Waals surface area contributed by atoms with Crippen molar-refractivity contribution in [2.45, 2.75) is 6.92 Å². The van der Waals surface area contributed by atoms with E-state index < -0.39 is 0 Å². The molecule has 1 heterocycles. The first-order chi connectivity index (χ1) is 5.72. The highest BCUT2D eigenvalue weighted by molar-refractivity contribution is 6.18. The van der Waals surface area contributed by atoms with E-state index in [0.29, 0.717) is 18.4 Å². The zero-order valence-electron chi connectivity index (χ0n) is 7.33. The van der Waals surface area contributed by atoms with Gasteiger partial charge < -0.3 is 4.74 Å². The fraction of sp³-hybridized carbons (Fsp3) is 0.625. The van der Waals surface area contributed by atoms with Crippen LogP contribution in [0.4, 0.5) is 0 Å². The number of alkyl halides is 1. The molecule has 0 radical (unpaired) electrons. The van der Waals surface area contributed by atoms with Crippen LogP contribution < -0.4 is 4.74 Å². The molecule has 0 aromatic carbocycles. The molecule has 0 amide bonds. The van der Waals surface area contributed by atoms with Gasteiger partial charge in [0, 0.05) is 18.8 Å². The fourth-order valence-corrected chi connectivity index (χ4v) is 0.845. The number of hydrogen-bond acceptors (Lipinski definition) is 2. The maximum absolute atomic E-state index is 5.62. The third-order valence-corrected chi connectivity index (χ3v) is 2.01. The molecule has 12 heavy (non-hydrogen) atoms. The van der Waals surface area contributed by atoms with E-state index in [4.69, 9.17) is 16.3 Å². The van der Waals surface area contributed by atoms with Crippen LogP contribution in [0.1, 0.15) is 6.92 Å². The number of rotatable bonds is 4. The molecule has 0 aliphatic carbocycles. The first-order valence-electron chi connectivity index (χ1n) is 3.89. The lowest BCUT2D eigenvalue weighted by atomic mass is 10.2. The van der Waals surface area contributed by atoms with Crippen molar-refractivity contribution in [2.24, 2.45) is 13.0 Å². The predicted molar refractivity (Wildman–Crippen MR) is 48.6 cm³/mol. The lowest BCUT2D eigenvalue weighted by Crippen LogP contribution is -2.09. The molecular weight excluding hydrogens is 176 g/mol. The summed E-state index contributed by atoms with van der Waals surface area (Å²) in [5, 5.41) is 3.98. The summed E-state index contributed by atoms with van der Waals surface area (Å²) in [5.74, 6) is 1.81. The summed E-state index contributed by atoms with van der Waals surface area (Å²) in [6.45, 7) is 2.69. The zero-order chi connectivity index (χ0) is 8.97. The van der Waals surface area contributed by atoms with E-state index in [2.05, 4.69) is 5.10 Å². The fourth-order valence-electron chi connectivity index (χ4n) is 0.756. The topological polar surface area (TPSA) is 27.1 Å². The Morgan fingerprint density at radius 3 is 3.00 bits per heavy atom. The standard InChI is InChI=1S/C8H13ClN2O/c1-7(3-9)6-12-8-4-10-11(2)5-8/h4-5,7H,3,6H2,1-2H3. The van der Waals surface area contributed by atoms with Gasteiger partial charge in [0.1, 0.15) is 0 Å². The second kappa shape index (κ2) is 4.36. The van der Waals surface area contributed by atoms with E-state index in [9.17, 15) is 0 Å². The van der Waals surface area contributed by atoms with E-state index in [1.807, 2.05) is 20.2 Å². The Morgan fingerprint density at radius 2 is 2.50 bits per heavy atom. The number of halogens is 1. The van der Waals surface area contributed by atoms with Gasteiger partial charge in [-0.05, 0) is 0 Å². The van der Waals surface area contributed by atoms with Crippen molar-refractivity contribution >= 4 is 11.6 Å². The van der Waals surface area contributed by atoms with Crippen molar-refractivity contribution in [3.8, 4) is 5.75 Å². The molecule has 0 saturated heterocycles. The summed E-state index contributed by atoms with van der Waals surface area (Å²) in [4.78, 5) is 0. The molecule has 0 fully saturated rings. The second-order valence-corrected chi connectivity index (χ2v) is 3.23. The van der Waals surface area contributed by atoms with Crippen LogP contribution in [-0.2, 0) is 7.05 Å². The smallest absolute Gasteiger partial charge is 0.157 e. The van der Waals surface area contributed by atoms with Crippen LogP contribution in [0.3, 0.4) is 0 Å². The van der Waals surface area contributed by atoms with Gasteiger partial charge in [0.15, 0.2) is 5.75 Å². The maximum atomic E-state index is 5.62. The van der Waals surface area contributed by atoms with Crippen LogP contribution in [0.2, 0.25) is 0 Å². The number of hydrogen-bond donors (Lipinski definition) is 0. The van der Waals surface area contributed by atoms with Crippen LogP contribution in [-0.4, -0.2) is 22.3 Å². The van der Waals surface area contributed by atoms with Crippen LogP contribution in [0.5, 0.6) is 5.75 Å². The van der Waals surface area contributed by atoms with Gasteiger partial charge in [0.2, 0.25) is 0 Å². The summed E-state index contributed by atoms with van der Waals surface area (Å²) < 4.78 is 7.12. The van der Waals surface area contributed by atoms with Gasteiger partial charge in [0.05, 0.1) is 19.0 Å². The minimum absolute atomic E-state index is 0.381. The highest BCUT2D eigenvalue weighted by Gasteiger charge is 2.01. The summed E-state index contributed by atoms with van der Waals surface area (Å²) in [5.41, 5.74) is 0. The van der Waals surface area contributed by atoms with Crippen molar-refractivity contribution in [2.75, 3.05) is 12.5 Å². The summed E-state index contributed by atoms with van der Waals surface area (Å²) in [6, 6.07) is 0. The van der Waals surface area contributed by atoms with E-state index in [1.54, 1.807) is 10.9 Å². The lowest BCUT2D eigenvalue weighted by Gasteiger charge is -2.07. The summed E-state index contributed by atoms with van der Waals surface area (Å²) >= 11 is 5.62. The van der Waals surface area contributed by atoms with Crippen molar-refractivity contribution in [1.82, 2.24) is 9.78 Å². The number of aryl methyl sites for hydroxylation is 1. The molecule has 0 bridgehead atoms. The van der Waals surface area contributed by atoms with Crippen LogP contribution in [0.15, 0.2) is 12.4 Å². The monoisotopic (exact) mass is 188 g/mol. The van der Waals surface area contributed by atoms with E-state index in [1.165, 1.54) is 0 Å². The molecule has 0 aliphatic rings. The molecule has 1 rings (SSSR count). The van der Waals surface area contributed by atoms with E-state index >= 15 is 0 Å². The van der Waals surface area contributed by atoms with Crippen molar-refractivity contribution < 1.29 is 4.74 Å². The Labute approximate surface area is 77.3 Å². The largest absolute Gasteiger partial charge is 0.490 e. The highest BCUT2D eigenvalue weighted by Crippen LogP contribution is 2.09. The van der Waals surface area contributed by atoms with Crippen molar-refractivity contribution in [1.29, 1.82) is 0 Å². The van der Waals surface area contributed by atoms with E-state index in [0.717, 1.165) is 5.75 Å². The molecule has 3 nitrogen and oxygen atoms in total. The van der Waals surface area contributed by atoms with Crippen LogP contribution in [0.25, 0.3) is 0 Å². The Bertz CT molecular complexity index is 237. The molecule has 4 heteroatoms. The minimum Gasteiger partial charge on any atom is -0.490 e. The molecular formula is C8H13ClN2O. The zero-order valence-corrected chi connectivity index (χ0v) is 8.08. The Hall–Kier alpha value is -0.700. The molecule has 0 N–H and O–H groups in total. The van der Waals surface area contributed by atoms with Gasteiger partial charge in [-0.3, -0.25) is 4.68 Å². The molecule has 0 aliphatic heterocycles. The minimum atomic E-state index is 0.381. The average molecular weight is 189 g/mol. The third kappa shape index (κ3) is 2.74. The third-order valence-electron chi connectivity index (χ3n) is 1.48. The Balaban J connectivity index is 2.33. The van der Waals surface area contributed by atoms with Gasteiger partial charge in [-0.25, -0.2) is 0 Å². The molecule has 1 unspecified atom stereocenters. The first-order valence-corrected chi connectivity index (χ1v) is 4.43. The van der Waals surface area contributed by atoms with Gasteiger partial charge in [-0.15, -0.1) is 11.6 Å². The second-order valence-electron chi connectivity index (χ2n) is 2.92. The number of ether oxygens (including phenoxy) is 1. The summed E-state index contributed by atoms with van der Waals surface area (Å²) in [6.07, 6.45) is 3.53. The normalized spacial score (nSPS) is 12.9. The molecule has 0 spiro atoms. The average Bonchev–Trinajstić information content (AvgIpc) is 2.47. The predicted octanol–water partition coefficient (Wildman–Crippen LogP) is 1.67. The first kappa shape index (κ1) is 9.39. The molecule has 0 saturated carbocycles. The number of nitrogens with zero attached hydrogens (tertiary/aromatic N) is 2. The van der Waals surface area contributed by atoms with Gasteiger partial charge >= 0.3 is 0 Å². The SMILES string of the molecule is CC(CCl)COc1cnn(C)c1. The molecule has 1 aromatic heterocycles. The summed E-state index contributed by atoms with van der Waals surface area (Å²) in [7, 11) is 1.86. The lowest BCUT2D eigenvalue weighted by molar-refractivity contribution is 0.272. The van der Waals surface area contributed by atoms with Crippen LogP contribution in [0, 0.1) is 5.92 Å². The van der Waals surface area contributed by atoms with Gasteiger partial charge in [-0.2, -0.15) is 5.10 Å². The Morgan fingerprint density at radius 1 is 1.75 bits per heavy atom. The van der Waals surface area contributed by atoms with Crippen LogP contribution >= 0.6 is 11.6 Å². The highest BCUT2D eigenvalue weighted by atomic mass is 35.5. The molecule has 1 atom stereocenters. The molecule has 68 valence electrons. The Kier molecular flexibility index (Phi) is 3.41. The number of aromatic nitrogens is 2. The van der Waals surface area contributed by atoms with Crippen molar-refractivity contribution in [3.05, 3.63) is 12.4 Å². The molecule has 1 aromatic rings. The maximum Gasteiger partial charge on any atom is 0.157 e. The van der Waals surface area contributed by atoms with Crippen molar-refractivity contribution in [3.63, 3.8) is 0 Å². The van der Waals surface area contributed by atoms with Gasteiger partial charge in [-0.1, -0.05) is 6.92 Å². The van der Waals surface area contributed by atoms with Gasteiger partial charge in [0.25, 0.3) is 0 Å².